The molecule has 0 aliphatic rings. The molecule has 134 valence electrons. The van der Waals surface area contributed by atoms with Crippen LogP contribution in [0, 0.1) is 0 Å². The van der Waals surface area contributed by atoms with Crippen molar-refractivity contribution in [1.29, 1.82) is 0 Å². The Balaban J connectivity index is 1.52. The average molecular weight is 367 g/mol. The summed E-state index contributed by atoms with van der Waals surface area (Å²) in [6.45, 7) is 3.07. The maximum absolute atomic E-state index is 12.2. The third-order valence-electron chi connectivity index (χ3n) is 3.72. The van der Waals surface area contributed by atoms with Crippen LogP contribution >= 0.6 is 11.8 Å². The fourth-order valence-electron chi connectivity index (χ4n) is 2.49. The average Bonchev–Trinajstić information content (AvgIpc) is 3.21. The molecule has 1 amide bonds. The Morgan fingerprint density at radius 2 is 1.96 bits per heavy atom. The number of aromatic nitrogens is 2. The molecule has 1 N–H and O–H groups in total. The van der Waals surface area contributed by atoms with Crippen LogP contribution in [0.25, 0.3) is 5.69 Å². The van der Waals surface area contributed by atoms with Gasteiger partial charge in [0, 0.05) is 23.8 Å². The molecule has 0 fully saturated rings. The van der Waals surface area contributed by atoms with Gasteiger partial charge in [-0.2, -0.15) is 5.10 Å². The van der Waals surface area contributed by atoms with Gasteiger partial charge in [-0.3, -0.25) is 4.79 Å². The second-order valence-corrected chi connectivity index (χ2v) is 6.60. The minimum absolute atomic E-state index is 0.000784. The Labute approximate surface area is 157 Å². The molecular formula is C20H21N3O2S. The lowest BCUT2D eigenvalue weighted by Gasteiger charge is -2.11. The first-order valence-corrected chi connectivity index (χ1v) is 9.45. The number of amides is 1. The number of hydrogen-bond donors (Lipinski definition) is 1. The van der Waals surface area contributed by atoms with E-state index >= 15 is 0 Å². The van der Waals surface area contributed by atoms with Crippen molar-refractivity contribution in [3.05, 3.63) is 72.6 Å². The van der Waals surface area contributed by atoms with Crippen molar-refractivity contribution in [2.24, 2.45) is 0 Å². The zero-order chi connectivity index (χ0) is 18.2. The summed E-state index contributed by atoms with van der Waals surface area (Å²) in [6.07, 6.45) is 3.63. The first-order chi connectivity index (χ1) is 12.8. The summed E-state index contributed by atoms with van der Waals surface area (Å²) in [4.78, 5) is 13.2. The van der Waals surface area contributed by atoms with E-state index in [0.29, 0.717) is 18.9 Å². The van der Waals surface area contributed by atoms with Crippen molar-refractivity contribution in [2.75, 3.05) is 12.4 Å². The molecule has 0 atom stereocenters. The lowest BCUT2D eigenvalue weighted by atomic mass is 10.2. The Morgan fingerprint density at radius 3 is 2.69 bits per heavy atom. The van der Waals surface area contributed by atoms with E-state index in [-0.39, 0.29) is 5.91 Å². The molecule has 26 heavy (non-hydrogen) atoms. The molecule has 0 bridgehead atoms. The van der Waals surface area contributed by atoms with Crippen molar-refractivity contribution in [3.8, 4) is 11.4 Å². The van der Waals surface area contributed by atoms with Crippen LogP contribution in [0.4, 0.5) is 0 Å². The summed E-state index contributed by atoms with van der Waals surface area (Å²) >= 11 is 1.51. The van der Waals surface area contributed by atoms with Gasteiger partial charge in [0.25, 0.3) is 0 Å². The monoisotopic (exact) mass is 367 g/mol. The van der Waals surface area contributed by atoms with E-state index in [9.17, 15) is 4.79 Å². The van der Waals surface area contributed by atoms with Gasteiger partial charge < -0.3 is 10.1 Å². The van der Waals surface area contributed by atoms with Gasteiger partial charge in [-0.05, 0) is 48.9 Å². The molecular weight excluding hydrogens is 346 g/mol. The largest absolute Gasteiger partial charge is 0.494 e. The topological polar surface area (TPSA) is 56.1 Å². The molecule has 6 heteroatoms. The second-order valence-electron chi connectivity index (χ2n) is 5.55. The Hall–Kier alpha value is -2.73. The van der Waals surface area contributed by atoms with Crippen molar-refractivity contribution in [2.45, 2.75) is 18.4 Å². The Bertz CT molecular complexity index is 833. The molecule has 0 unspecified atom stereocenters. The van der Waals surface area contributed by atoms with Crippen molar-refractivity contribution >= 4 is 17.7 Å². The molecule has 0 saturated carbocycles. The summed E-state index contributed by atoms with van der Waals surface area (Å²) in [6, 6.07) is 17.6. The fourth-order valence-corrected chi connectivity index (χ4v) is 3.22. The van der Waals surface area contributed by atoms with Crippen LogP contribution in [-0.2, 0) is 11.3 Å². The molecule has 1 aromatic heterocycles. The lowest BCUT2D eigenvalue weighted by molar-refractivity contribution is -0.118. The highest BCUT2D eigenvalue weighted by Gasteiger charge is 2.07. The van der Waals surface area contributed by atoms with Gasteiger partial charge in [0.15, 0.2) is 0 Å². The van der Waals surface area contributed by atoms with Crippen molar-refractivity contribution in [3.63, 3.8) is 0 Å². The van der Waals surface area contributed by atoms with Crippen LogP contribution in [0.3, 0.4) is 0 Å². The van der Waals surface area contributed by atoms with E-state index < -0.39 is 0 Å². The van der Waals surface area contributed by atoms with E-state index in [4.69, 9.17) is 4.74 Å². The molecule has 0 saturated heterocycles. The summed E-state index contributed by atoms with van der Waals surface area (Å²) in [5.41, 5.74) is 1.99. The number of nitrogens with zero attached hydrogens (tertiary/aromatic N) is 2. The van der Waals surface area contributed by atoms with Crippen molar-refractivity contribution < 1.29 is 9.53 Å². The number of carbonyl (C=O) groups excluding carboxylic acids is 1. The molecule has 0 aliphatic heterocycles. The van der Waals surface area contributed by atoms with Crippen LogP contribution in [0.1, 0.15) is 12.5 Å². The van der Waals surface area contributed by atoms with Gasteiger partial charge in [0.05, 0.1) is 18.0 Å². The van der Waals surface area contributed by atoms with Gasteiger partial charge in [0.1, 0.15) is 5.75 Å². The number of thioether (sulfide) groups is 1. The molecule has 5 nitrogen and oxygen atoms in total. The quantitative estimate of drug-likeness (QED) is 0.617. The lowest BCUT2D eigenvalue weighted by Crippen LogP contribution is -2.25. The van der Waals surface area contributed by atoms with E-state index in [0.717, 1.165) is 21.9 Å². The standard InChI is InChI=1S/C20H21N3O2S/c1-2-25-17-8-10-18(11-9-17)26-15-20(24)21-14-16-6-3-4-7-19(16)23-13-5-12-22-23/h3-13H,2,14-15H2,1H3,(H,21,24). The predicted octanol–water partition coefficient (Wildman–Crippen LogP) is 3.68. The van der Waals surface area contributed by atoms with E-state index in [1.54, 1.807) is 10.9 Å². The second kappa shape index (κ2) is 9.10. The Kier molecular flexibility index (Phi) is 6.33. The summed E-state index contributed by atoms with van der Waals surface area (Å²) in [5.74, 6) is 1.22. The number of carbonyl (C=O) groups is 1. The molecule has 1 heterocycles. The van der Waals surface area contributed by atoms with Gasteiger partial charge >= 0.3 is 0 Å². The van der Waals surface area contributed by atoms with Crippen molar-refractivity contribution in [1.82, 2.24) is 15.1 Å². The number of rotatable bonds is 8. The van der Waals surface area contributed by atoms with E-state index in [2.05, 4.69) is 10.4 Å². The number of ether oxygens (including phenoxy) is 1. The van der Waals surface area contributed by atoms with Crippen LogP contribution in [0.2, 0.25) is 0 Å². The smallest absolute Gasteiger partial charge is 0.230 e. The van der Waals surface area contributed by atoms with Gasteiger partial charge in [-0.25, -0.2) is 4.68 Å². The van der Waals surface area contributed by atoms with Gasteiger partial charge in [-0.15, -0.1) is 11.8 Å². The zero-order valence-electron chi connectivity index (χ0n) is 14.6. The molecule has 0 radical (unpaired) electrons. The van der Waals surface area contributed by atoms with Crippen LogP contribution in [0.5, 0.6) is 5.75 Å². The third kappa shape index (κ3) is 4.89. The summed E-state index contributed by atoms with van der Waals surface area (Å²) in [5, 5.41) is 7.24. The maximum atomic E-state index is 12.2. The van der Waals surface area contributed by atoms with Gasteiger partial charge in [-0.1, -0.05) is 18.2 Å². The number of benzene rings is 2. The minimum Gasteiger partial charge on any atom is -0.494 e. The first-order valence-electron chi connectivity index (χ1n) is 8.46. The van der Waals surface area contributed by atoms with E-state index in [1.807, 2.05) is 67.7 Å². The highest BCUT2D eigenvalue weighted by Crippen LogP contribution is 2.21. The third-order valence-corrected chi connectivity index (χ3v) is 4.74. The minimum atomic E-state index is -0.000784. The number of nitrogens with one attached hydrogen (secondary N) is 1. The highest BCUT2D eigenvalue weighted by molar-refractivity contribution is 8.00. The predicted molar refractivity (Wildman–Crippen MR) is 104 cm³/mol. The SMILES string of the molecule is CCOc1ccc(SCC(=O)NCc2ccccc2-n2cccn2)cc1. The molecule has 0 spiro atoms. The Morgan fingerprint density at radius 1 is 1.15 bits per heavy atom. The molecule has 0 aliphatic carbocycles. The summed E-state index contributed by atoms with van der Waals surface area (Å²) in [7, 11) is 0. The van der Waals surface area contributed by atoms with Crippen LogP contribution in [-0.4, -0.2) is 28.0 Å². The normalized spacial score (nSPS) is 10.5. The highest BCUT2D eigenvalue weighted by atomic mass is 32.2. The number of hydrogen-bond acceptors (Lipinski definition) is 4. The molecule has 3 rings (SSSR count). The molecule has 3 aromatic rings. The van der Waals surface area contributed by atoms with Crippen LogP contribution in [0.15, 0.2) is 71.9 Å². The molecule has 2 aromatic carbocycles. The summed E-state index contributed by atoms with van der Waals surface area (Å²) < 4.78 is 7.22. The van der Waals surface area contributed by atoms with E-state index in [1.165, 1.54) is 11.8 Å². The zero-order valence-corrected chi connectivity index (χ0v) is 15.4. The maximum Gasteiger partial charge on any atom is 0.230 e. The number of para-hydroxylation sites is 1. The first kappa shape index (κ1) is 18.1. The fraction of sp³-hybridized carbons (Fsp3) is 0.200. The van der Waals surface area contributed by atoms with Gasteiger partial charge in [0.2, 0.25) is 5.91 Å². The van der Waals surface area contributed by atoms with Crippen LogP contribution < -0.4 is 10.1 Å².